The van der Waals surface area contributed by atoms with Crippen molar-refractivity contribution in [3.8, 4) is 11.3 Å². The summed E-state index contributed by atoms with van der Waals surface area (Å²) >= 11 is 6.12. The minimum atomic E-state index is -0.475. The summed E-state index contributed by atoms with van der Waals surface area (Å²) in [4.78, 5) is 29.2. The van der Waals surface area contributed by atoms with Crippen LogP contribution in [0.1, 0.15) is 22.8 Å². The van der Waals surface area contributed by atoms with Crippen molar-refractivity contribution in [2.45, 2.75) is 13.8 Å². The first-order valence-electron chi connectivity index (χ1n) is 8.60. The molecule has 6 heteroatoms. The molecule has 0 aliphatic rings. The summed E-state index contributed by atoms with van der Waals surface area (Å²) in [5.41, 5.74) is 3.40. The average molecular weight is 383 g/mol. The van der Waals surface area contributed by atoms with E-state index in [0.717, 1.165) is 16.5 Å². The molecule has 0 bridgehead atoms. The highest BCUT2D eigenvalue weighted by Gasteiger charge is 2.19. The van der Waals surface area contributed by atoms with Gasteiger partial charge in [-0.05, 0) is 37.6 Å². The van der Waals surface area contributed by atoms with Gasteiger partial charge >= 0.3 is 5.97 Å². The van der Waals surface area contributed by atoms with Gasteiger partial charge in [-0.25, -0.2) is 4.98 Å². The van der Waals surface area contributed by atoms with E-state index in [1.807, 2.05) is 49.4 Å². The quantitative estimate of drug-likeness (QED) is 0.673. The Hall–Kier alpha value is -2.92. The molecule has 0 aliphatic heterocycles. The van der Waals surface area contributed by atoms with Crippen molar-refractivity contribution >= 4 is 34.4 Å². The molecule has 2 aromatic carbocycles. The molecule has 0 radical (unpaired) electrons. The van der Waals surface area contributed by atoms with Gasteiger partial charge in [0.05, 0.1) is 23.4 Å². The molecule has 0 saturated heterocycles. The second-order valence-corrected chi connectivity index (χ2v) is 6.41. The van der Waals surface area contributed by atoms with E-state index >= 15 is 0 Å². The van der Waals surface area contributed by atoms with Crippen LogP contribution in [-0.2, 0) is 9.53 Å². The molecule has 138 valence electrons. The maximum Gasteiger partial charge on any atom is 0.325 e. The van der Waals surface area contributed by atoms with Crippen LogP contribution < -0.4 is 5.32 Å². The Morgan fingerprint density at radius 1 is 1.15 bits per heavy atom. The van der Waals surface area contributed by atoms with Gasteiger partial charge in [-0.1, -0.05) is 41.9 Å². The molecule has 3 rings (SSSR count). The molecule has 0 saturated carbocycles. The highest BCUT2D eigenvalue weighted by Crippen LogP contribution is 2.30. The molecule has 0 fully saturated rings. The predicted octanol–water partition coefficient (Wildman–Crippen LogP) is 4.16. The van der Waals surface area contributed by atoms with Gasteiger partial charge in [0.2, 0.25) is 0 Å². The number of aromatic nitrogens is 1. The molecule has 3 aromatic rings. The third-order valence-electron chi connectivity index (χ3n) is 4.16. The van der Waals surface area contributed by atoms with E-state index < -0.39 is 5.97 Å². The van der Waals surface area contributed by atoms with Crippen molar-refractivity contribution in [1.29, 1.82) is 0 Å². The van der Waals surface area contributed by atoms with E-state index in [4.69, 9.17) is 21.3 Å². The highest BCUT2D eigenvalue weighted by atomic mass is 35.5. The first kappa shape index (κ1) is 18.9. The number of carbonyl (C=O) groups excluding carboxylic acids is 2. The largest absolute Gasteiger partial charge is 0.465 e. The molecule has 27 heavy (non-hydrogen) atoms. The highest BCUT2D eigenvalue weighted by molar-refractivity contribution is 6.30. The maximum atomic E-state index is 12.9. The van der Waals surface area contributed by atoms with E-state index in [1.165, 1.54) is 0 Å². The van der Waals surface area contributed by atoms with E-state index in [1.54, 1.807) is 13.0 Å². The van der Waals surface area contributed by atoms with Crippen LogP contribution in [-0.4, -0.2) is 30.0 Å². The second kappa shape index (κ2) is 8.18. The van der Waals surface area contributed by atoms with E-state index in [0.29, 0.717) is 21.8 Å². The van der Waals surface area contributed by atoms with E-state index in [-0.39, 0.29) is 19.1 Å². The fourth-order valence-corrected chi connectivity index (χ4v) is 3.16. The van der Waals surface area contributed by atoms with Crippen LogP contribution in [0.5, 0.6) is 0 Å². The fourth-order valence-electron chi connectivity index (χ4n) is 2.97. The van der Waals surface area contributed by atoms with Gasteiger partial charge in [-0.2, -0.15) is 0 Å². The number of esters is 1. The number of rotatable bonds is 5. The number of nitrogens with zero attached hydrogens (tertiary/aromatic N) is 1. The summed E-state index contributed by atoms with van der Waals surface area (Å²) in [6.45, 7) is 3.65. The summed E-state index contributed by atoms with van der Waals surface area (Å²) in [5.74, 6) is -0.820. The number of nitrogens with one attached hydrogen (secondary N) is 1. The molecule has 1 aromatic heterocycles. The number of amides is 1. The summed E-state index contributed by atoms with van der Waals surface area (Å²) in [6, 6.07) is 14.8. The van der Waals surface area contributed by atoms with Gasteiger partial charge in [-0.3, -0.25) is 9.59 Å². The number of ether oxygens (including phenoxy) is 1. The van der Waals surface area contributed by atoms with Gasteiger partial charge in [0.1, 0.15) is 6.54 Å². The molecule has 0 unspecified atom stereocenters. The lowest BCUT2D eigenvalue weighted by Crippen LogP contribution is -2.31. The first-order chi connectivity index (χ1) is 13.0. The summed E-state index contributed by atoms with van der Waals surface area (Å²) in [6.07, 6.45) is 0. The standard InChI is InChI=1S/C21H19ClN2O3/c1-3-27-18(25)12-23-21(26)19-13(2)20(14-7-6-8-15(22)11-14)24-17-10-5-4-9-16(17)19/h4-11H,3,12H2,1-2H3,(H,23,26). The normalized spacial score (nSPS) is 10.6. The number of para-hydroxylation sites is 1. The second-order valence-electron chi connectivity index (χ2n) is 5.98. The van der Waals surface area contributed by atoms with Crippen LogP contribution >= 0.6 is 11.6 Å². The van der Waals surface area contributed by atoms with Crippen LogP contribution in [0.25, 0.3) is 22.2 Å². The Kier molecular flexibility index (Phi) is 5.72. The van der Waals surface area contributed by atoms with Crippen LogP contribution in [0.2, 0.25) is 5.02 Å². The smallest absolute Gasteiger partial charge is 0.325 e. The SMILES string of the molecule is CCOC(=O)CNC(=O)c1c(C)c(-c2cccc(Cl)c2)nc2ccccc12. The zero-order chi connectivity index (χ0) is 19.4. The topological polar surface area (TPSA) is 68.3 Å². The van der Waals surface area contributed by atoms with Gasteiger partial charge in [0, 0.05) is 16.0 Å². The average Bonchev–Trinajstić information content (AvgIpc) is 2.66. The van der Waals surface area contributed by atoms with Gasteiger partial charge in [0.25, 0.3) is 5.91 Å². The van der Waals surface area contributed by atoms with Crippen molar-refractivity contribution < 1.29 is 14.3 Å². The maximum absolute atomic E-state index is 12.9. The number of benzene rings is 2. The zero-order valence-corrected chi connectivity index (χ0v) is 15.8. The Morgan fingerprint density at radius 3 is 2.67 bits per heavy atom. The van der Waals surface area contributed by atoms with E-state index in [9.17, 15) is 9.59 Å². The minimum Gasteiger partial charge on any atom is -0.465 e. The zero-order valence-electron chi connectivity index (χ0n) is 15.1. The molecule has 0 aliphatic carbocycles. The molecule has 1 amide bonds. The lowest BCUT2D eigenvalue weighted by molar-refractivity contribution is -0.141. The van der Waals surface area contributed by atoms with Crippen molar-refractivity contribution in [3.63, 3.8) is 0 Å². The summed E-state index contributed by atoms with van der Waals surface area (Å²) in [7, 11) is 0. The van der Waals surface area contributed by atoms with Crippen molar-refractivity contribution in [1.82, 2.24) is 10.3 Å². The van der Waals surface area contributed by atoms with Crippen LogP contribution in [0.4, 0.5) is 0 Å². The number of carbonyl (C=O) groups is 2. The number of pyridine rings is 1. The predicted molar refractivity (Wildman–Crippen MR) is 106 cm³/mol. The van der Waals surface area contributed by atoms with Gasteiger partial charge in [0.15, 0.2) is 0 Å². The Labute approximate surface area is 162 Å². The Morgan fingerprint density at radius 2 is 1.93 bits per heavy atom. The van der Waals surface area contributed by atoms with Crippen molar-refractivity contribution in [3.05, 3.63) is 64.7 Å². The van der Waals surface area contributed by atoms with Crippen LogP contribution in [0, 0.1) is 6.92 Å². The summed E-state index contributed by atoms with van der Waals surface area (Å²) < 4.78 is 4.87. The van der Waals surface area contributed by atoms with Crippen LogP contribution in [0.15, 0.2) is 48.5 Å². The number of fused-ring (bicyclic) bond motifs is 1. The first-order valence-corrected chi connectivity index (χ1v) is 8.98. The third kappa shape index (κ3) is 4.09. The van der Waals surface area contributed by atoms with Gasteiger partial charge in [-0.15, -0.1) is 0 Å². The number of hydrogen-bond acceptors (Lipinski definition) is 4. The fraction of sp³-hybridized carbons (Fsp3) is 0.190. The Balaban J connectivity index is 2.09. The summed E-state index contributed by atoms with van der Waals surface area (Å²) in [5, 5.41) is 3.96. The molecule has 1 heterocycles. The Bertz CT molecular complexity index is 1020. The molecular weight excluding hydrogens is 364 g/mol. The molecule has 0 spiro atoms. The van der Waals surface area contributed by atoms with Crippen molar-refractivity contribution in [2.24, 2.45) is 0 Å². The van der Waals surface area contributed by atoms with Crippen molar-refractivity contribution in [2.75, 3.05) is 13.2 Å². The van der Waals surface area contributed by atoms with E-state index in [2.05, 4.69) is 5.32 Å². The lowest BCUT2D eigenvalue weighted by Gasteiger charge is -2.15. The van der Waals surface area contributed by atoms with Gasteiger partial charge < -0.3 is 10.1 Å². The molecular formula is C21H19ClN2O3. The molecule has 1 N–H and O–H groups in total. The monoisotopic (exact) mass is 382 g/mol. The minimum absolute atomic E-state index is 0.185. The van der Waals surface area contributed by atoms with Crippen LogP contribution in [0.3, 0.4) is 0 Å². The molecule has 5 nitrogen and oxygen atoms in total. The third-order valence-corrected chi connectivity index (χ3v) is 4.39. The number of hydrogen-bond donors (Lipinski definition) is 1. The number of halogens is 1. The molecule has 0 atom stereocenters. The lowest BCUT2D eigenvalue weighted by atomic mass is 9.97.